The third kappa shape index (κ3) is 7.69. The lowest BCUT2D eigenvalue weighted by atomic mass is 9.98. The molecule has 4 aliphatic rings. The first-order chi connectivity index (χ1) is 21.6. The van der Waals surface area contributed by atoms with Gasteiger partial charge in [-0.2, -0.15) is 0 Å². The summed E-state index contributed by atoms with van der Waals surface area (Å²) in [6.45, 7) is 3.25. The van der Waals surface area contributed by atoms with Crippen LogP contribution in [0.5, 0.6) is 5.75 Å². The van der Waals surface area contributed by atoms with E-state index in [0.717, 1.165) is 30.5 Å². The van der Waals surface area contributed by atoms with Crippen molar-refractivity contribution in [1.82, 2.24) is 15.5 Å². The maximum Gasteiger partial charge on any atom is 0.255 e. The van der Waals surface area contributed by atoms with Crippen molar-refractivity contribution in [2.75, 3.05) is 45.7 Å². The Hall–Kier alpha value is -3.03. The van der Waals surface area contributed by atoms with E-state index in [4.69, 9.17) is 14.2 Å². The van der Waals surface area contributed by atoms with E-state index in [1.807, 2.05) is 12.1 Å². The molecule has 6 rings (SSSR count). The molecule has 4 heterocycles. The fourth-order valence-electron chi connectivity index (χ4n) is 6.87. The molecule has 45 heavy (non-hydrogen) atoms. The molecule has 3 N–H and O–H groups in total. The van der Waals surface area contributed by atoms with E-state index in [1.54, 1.807) is 30.3 Å². The highest BCUT2D eigenvalue weighted by Gasteiger charge is 2.40. The van der Waals surface area contributed by atoms with Crippen LogP contribution in [0.4, 0.5) is 0 Å². The van der Waals surface area contributed by atoms with Crippen LogP contribution in [0.3, 0.4) is 0 Å². The number of ether oxygens (including phenoxy) is 3. The van der Waals surface area contributed by atoms with E-state index in [2.05, 4.69) is 15.5 Å². The highest BCUT2D eigenvalue weighted by molar-refractivity contribution is 7.90. The molecule has 12 heteroatoms. The molecular formula is C33H43N3O8S. The lowest BCUT2D eigenvalue weighted by Gasteiger charge is -2.35. The second kappa shape index (κ2) is 13.8. The van der Waals surface area contributed by atoms with Gasteiger partial charge in [-0.1, -0.05) is 18.2 Å². The minimum Gasteiger partial charge on any atom is -0.493 e. The molecule has 0 aliphatic carbocycles. The Morgan fingerprint density at radius 3 is 2.47 bits per heavy atom. The third-order valence-electron chi connectivity index (χ3n) is 9.47. The van der Waals surface area contributed by atoms with Crippen LogP contribution in [0.15, 0.2) is 47.4 Å². The summed E-state index contributed by atoms with van der Waals surface area (Å²) < 4.78 is 41.9. The van der Waals surface area contributed by atoms with Crippen LogP contribution in [0.2, 0.25) is 0 Å². The fourth-order valence-corrected chi connectivity index (χ4v) is 7.50. The zero-order valence-electron chi connectivity index (χ0n) is 25.7. The van der Waals surface area contributed by atoms with Gasteiger partial charge in [0.25, 0.3) is 5.91 Å². The van der Waals surface area contributed by atoms with Gasteiger partial charge in [-0.3, -0.25) is 14.5 Å². The number of carbonyl (C=O) groups excluding carboxylic acids is 2. The first-order valence-corrected chi connectivity index (χ1v) is 17.8. The zero-order chi connectivity index (χ0) is 31.6. The van der Waals surface area contributed by atoms with Gasteiger partial charge in [-0.05, 0) is 73.4 Å². The number of likely N-dealkylation sites (tertiary alicyclic amines) is 1. The van der Waals surface area contributed by atoms with E-state index in [9.17, 15) is 23.1 Å². The molecule has 0 unspecified atom stereocenters. The molecule has 11 nitrogen and oxygen atoms in total. The molecule has 2 aromatic carbocycles. The molecule has 0 radical (unpaired) electrons. The van der Waals surface area contributed by atoms with Crippen LogP contribution in [-0.2, 0) is 24.1 Å². The van der Waals surface area contributed by atoms with Crippen molar-refractivity contribution >= 4 is 21.7 Å². The van der Waals surface area contributed by atoms with E-state index < -0.39 is 28.1 Å². The summed E-state index contributed by atoms with van der Waals surface area (Å²) in [6, 6.07) is 11.3. The minimum atomic E-state index is -3.33. The summed E-state index contributed by atoms with van der Waals surface area (Å²) in [4.78, 5) is 29.7. The van der Waals surface area contributed by atoms with Crippen LogP contribution >= 0.6 is 0 Å². The molecular weight excluding hydrogens is 598 g/mol. The maximum absolute atomic E-state index is 13.7. The van der Waals surface area contributed by atoms with Gasteiger partial charge in [0.1, 0.15) is 11.9 Å². The molecule has 0 saturated carbocycles. The predicted molar refractivity (Wildman–Crippen MR) is 167 cm³/mol. The van der Waals surface area contributed by atoms with Gasteiger partial charge in [0, 0.05) is 51.6 Å². The number of carbonyl (C=O) groups is 2. The van der Waals surface area contributed by atoms with Crippen molar-refractivity contribution in [1.29, 1.82) is 0 Å². The second-order valence-electron chi connectivity index (χ2n) is 12.8. The normalized spacial score (nSPS) is 28.9. The number of sulfone groups is 1. The van der Waals surface area contributed by atoms with Crippen LogP contribution in [0, 0.1) is 5.92 Å². The van der Waals surface area contributed by atoms with E-state index in [-0.39, 0.29) is 35.4 Å². The quantitative estimate of drug-likeness (QED) is 0.458. The Morgan fingerprint density at radius 2 is 1.71 bits per heavy atom. The Kier molecular flexibility index (Phi) is 9.76. The summed E-state index contributed by atoms with van der Waals surface area (Å²) in [7, 11) is -3.33. The third-order valence-corrected chi connectivity index (χ3v) is 10.6. The number of amides is 2. The fraction of sp³-hybridized carbons (Fsp3) is 0.576. The molecule has 0 aromatic heterocycles. The largest absolute Gasteiger partial charge is 0.493 e. The summed E-state index contributed by atoms with van der Waals surface area (Å²) in [5.74, 6) is 0.452. The number of fused-ring (bicyclic) bond motifs is 5. The average Bonchev–Trinajstić information content (AvgIpc) is 3.42. The number of aliphatic hydroxyl groups is 1. The van der Waals surface area contributed by atoms with Gasteiger partial charge < -0.3 is 30.0 Å². The first-order valence-electron chi connectivity index (χ1n) is 16.0. The Morgan fingerprint density at radius 1 is 0.956 bits per heavy atom. The molecule has 0 spiro atoms. The van der Waals surface area contributed by atoms with Crippen molar-refractivity contribution in [3.8, 4) is 16.9 Å². The van der Waals surface area contributed by atoms with Crippen LogP contribution in [-0.4, -0.2) is 106 Å². The highest BCUT2D eigenvalue weighted by atomic mass is 32.2. The summed E-state index contributed by atoms with van der Waals surface area (Å²) in [5.41, 5.74) is 1.97. The average molecular weight is 642 g/mol. The van der Waals surface area contributed by atoms with E-state index in [0.29, 0.717) is 69.3 Å². The zero-order valence-corrected chi connectivity index (χ0v) is 26.5. The number of hydrogen-bond donors (Lipinski definition) is 3. The topological polar surface area (TPSA) is 144 Å². The Balaban J connectivity index is 1.27. The lowest BCUT2D eigenvalue weighted by Crippen LogP contribution is -2.50. The van der Waals surface area contributed by atoms with E-state index in [1.165, 1.54) is 6.26 Å². The summed E-state index contributed by atoms with van der Waals surface area (Å²) >= 11 is 0. The molecule has 244 valence electrons. The van der Waals surface area contributed by atoms with Crippen molar-refractivity contribution < 1.29 is 37.3 Å². The first kappa shape index (κ1) is 31.9. The highest BCUT2D eigenvalue weighted by Crippen LogP contribution is 2.31. The van der Waals surface area contributed by atoms with Crippen LogP contribution < -0.4 is 15.4 Å². The molecule has 3 saturated heterocycles. The second-order valence-corrected chi connectivity index (χ2v) is 14.8. The minimum absolute atomic E-state index is 0.112. The number of nitrogens with zero attached hydrogens (tertiary/aromatic N) is 1. The molecule has 2 aromatic rings. The Labute approximate surface area is 264 Å². The molecule has 3 fully saturated rings. The smallest absolute Gasteiger partial charge is 0.255 e. The number of rotatable bonds is 4. The monoisotopic (exact) mass is 641 g/mol. The van der Waals surface area contributed by atoms with Crippen LogP contribution in [0.1, 0.15) is 48.9 Å². The van der Waals surface area contributed by atoms with Gasteiger partial charge in [-0.25, -0.2) is 8.42 Å². The Bertz CT molecular complexity index is 1480. The summed E-state index contributed by atoms with van der Waals surface area (Å²) in [5, 5.41) is 16.8. The standard InChI is InChI=1S/C33H43N3O8S/c1-45(40,41)26-6-2-22(3-7-26)23-4-8-27-30(16-23)43-15-12-25-5-9-29(37)31(44-25)18-34-33(39)28-17-24(35-32(27)38)20-36(28)19-21-10-13-42-14-11-21/h2-4,6-8,16,21,24-25,28-29,31,37H,5,9-15,17-20H2,1H3,(H,34,39)(H,35,38)/t24-,25-,28-,29-,31+/m0/s1. The predicted octanol–water partition coefficient (Wildman–Crippen LogP) is 2.16. The summed E-state index contributed by atoms with van der Waals surface area (Å²) in [6.07, 6.45) is 3.98. The molecule has 4 bridgehead atoms. The number of aliphatic hydroxyl groups excluding tert-OH is 1. The van der Waals surface area contributed by atoms with Crippen molar-refractivity contribution in [2.24, 2.45) is 5.92 Å². The van der Waals surface area contributed by atoms with Crippen LogP contribution in [0.25, 0.3) is 11.1 Å². The molecule has 5 atom stereocenters. The molecule has 2 amide bonds. The lowest BCUT2D eigenvalue weighted by molar-refractivity contribution is -0.133. The van der Waals surface area contributed by atoms with E-state index >= 15 is 0 Å². The van der Waals surface area contributed by atoms with Gasteiger partial charge in [0.15, 0.2) is 9.84 Å². The SMILES string of the molecule is CS(=O)(=O)c1ccc(-c2ccc3c(c2)OCC[C@@H]2CC[C@H](O)[C@@H](CNC(=O)[C@@H]4C[C@@H](CN4CC4CCOCC4)NC3=O)O2)cc1. The number of benzene rings is 2. The number of nitrogens with one attached hydrogen (secondary N) is 2. The van der Waals surface area contributed by atoms with Gasteiger partial charge in [0.2, 0.25) is 5.91 Å². The van der Waals surface area contributed by atoms with Crippen molar-refractivity contribution in [3.63, 3.8) is 0 Å². The maximum atomic E-state index is 13.7. The van der Waals surface area contributed by atoms with Crippen molar-refractivity contribution in [3.05, 3.63) is 48.0 Å². The van der Waals surface area contributed by atoms with Crippen molar-refractivity contribution in [2.45, 2.75) is 73.8 Å². The van der Waals surface area contributed by atoms with Gasteiger partial charge in [0.05, 0.1) is 35.3 Å². The molecule has 4 aliphatic heterocycles. The van der Waals surface area contributed by atoms with Gasteiger partial charge in [-0.15, -0.1) is 0 Å². The van der Waals surface area contributed by atoms with Gasteiger partial charge >= 0.3 is 0 Å². The number of hydrogen-bond acceptors (Lipinski definition) is 9.